The number of hydrogen-bond acceptors (Lipinski definition) is 5. The summed E-state index contributed by atoms with van der Waals surface area (Å²) in [5.41, 5.74) is 2.53. The monoisotopic (exact) mass is 287 g/mol. The van der Waals surface area contributed by atoms with E-state index in [1.54, 1.807) is 41.2 Å². The fourth-order valence-electron chi connectivity index (χ4n) is 2.78. The normalized spacial score (nSPS) is 17.6. The minimum absolute atomic E-state index is 0.0187. The van der Waals surface area contributed by atoms with E-state index in [1.165, 1.54) is 0 Å². The van der Waals surface area contributed by atoms with Crippen LogP contribution in [0.25, 0.3) is 0 Å². The van der Waals surface area contributed by atoms with Crippen molar-refractivity contribution in [3.05, 3.63) is 41.5 Å². The zero-order valence-electron chi connectivity index (χ0n) is 12.1. The Kier molecular flexibility index (Phi) is 3.66. The van der Waals surface area contributed by atoms with Gasteiger partial charge in [0, 0.05) is 44.6 Å². The number of fused-ring (bicyclic) bond motifs is 1. The van der Waals surface area contributed by atoms with Crippen LogP contribution >= 0.6 is 0 Å². The summed E-state index contributed by atoms with van der Waals surface area (Å²) in [6.07, 6.45) is 3.25. The van der Waals surface area contributed by atoms with Crippen LogP contribution in [-0.2, 0) is 18.3 Å². The molecule has 0 saturated carbocycles. The van der Waals surface area contributed by atoms with Gasteiger partial charge in [-0.2, -0.15) is 0 Å². The Balaban J connectivity index is 1.88. The summed E-state index contributed by atoms with van der Waals surface area (Å²) >= 11 is 0. The van der Waals surface area contributed by atoms with E-state index in [-0.39, 0.29) is 11.8 Å². The number of carbonyl (C=O) groups is 1. The van der Waals surface area contributed by atoms with Gasteiger partial charge in [-0.3, -0.25) is 14.5 Å². The molecule has 3 heterocycles. The molecule has 110 valence electrons. The summed E-state index contributed by atoms with van der Waals surface area (Å²) in [5, 5.41) is 8.23. The lowest BCUT2D eigenvalue weighted by Crippen LogP contribution is -2.40. The van der Waals surface area contributed by atoms with Gasteiger partial charge in [0.1, 0.15) is 5.69 Å². The van der Waals surface area contributed by atoms with Crippen LogP contribution < -0.4 is 0 Å². The first-order chi connectivity index (χ1) is 10.2. The molecule has 0 aliphatic carbocycles. The lowest BCUT2D eigenvalue weighted by atomic mass is 9.98. The lowest BCUT2D eigenvalue weighted by Gasteiger charge is -2.32. The lowest BCUT2D eigenvalue weighted by molar-refractivity contribution is 0.0673. The molecule has 0 N–H and O–H groups in total. The van der Waals surface area contributed by atoms with Crippen molar-refractivity contribution in [2.24, 2.45) is 7.05 Å². The van der Waals surface area contributed by atoms with Gasteiger partial charge in [0.25, 0.3) is 5.91 Å². The number of pyridine rings is 1. The molecule has 1 aliphatic heterocycles. The maximum atomic E-state index is 12.6. The highest BCUT2D eigenvalue weighted by atomic mass is 16.5. The van der Waals surface area contributed by atoms with Crippen LogP contribution in [0.4, 0.5) is 0 Å². The minimum atomic E-state index is -0.0187. The molecule has 2 aromatic rings. The van der Waals surface area contributed by atoms with Gasteiger partial charge in [-0.05, 0) is 12.1 Å². The third kappa shape index (κ3) is 2.52. The molecule has 1 aliphatic rings. The average Bonchev–Trinajstić information content (AvgIpc) is 2.89. The first-order valence-electron chi connectivity index (χ1n) is 6.77. The number of rotatable bonds is 3. The second-order valence-corrected chi connectivity index (χ2v) is 5.12. The van der Waals surface area contributed by atoms with Gasteiger partial charge in [0.15, 0.2) is 0 Å². The molecule has 1 amide bonds. The summed E-state index contributed by atoms with van der Waals surface area (Å²) in [4.78, 5) is 18.3. The topological polar surface area (TPSA) is 73.1 Å². The molecule has 0 fully saturated rings. The van der Waals surface area contributed by atoms with Crippen molar-refractivity contribution in [3.63, 3.8) is 0 Å². The van der Waals surface area contributed by atoms with Gasteiger partial charge in [0.2, 0.25) is 0 Å². The Hall–Kier alpha value is -2.28. The van der Waals surface area contributed by atoms with Crippen LogP contribution in [0, 0.1) is 0 Å². The summed E-state index contributed by atoms with van der Waals surface area (Å²) in [6, 6.07) is 3.44. The maximum absolute atomic E-state index is 12.6. The predicted molar refractivity (Wildman–Crippen MR) is 74.6 cm³/mol. The van der Waals surface area contributed by atoms with Crippen LogP contribution in [0.1, 0.15) is 27.7 Å². The summed E-state index contributed by atoms with van der Waals surface area (Å²) < 4.78 is 7.05. The van der Waals surface area contributed by atoms with Gasteiger partial charge >= 0.3 is 0 Å². The quantitative estimate of drug-likeness (QED) is 0.826. The number of aryl methyl sites for hydroxylation is 1. The third-order valence-corrected chi connectivity index (χ3v) is 3.69. The number of amides is 1. The van der Waals surface area contributed by atoms with Gasteiger partial charge in [0.05, 0.1) is 18.8 Å². The van der Waals surface area contributed by atoms with E-state index >= 15 is 0 Å². The Labute approximate surface area is 122 Å². The second kappa shape index (κ2) is 5.61. The molecular weight excluding hydrogens is 270 g/mol. The molecule has 21 heavy (non-hydrogen) atoms. The molecule has 0 saturated heterocycles. The second-order valence-electron chi connectivity index (χ2n) is 5.12. The zero-order chi connectivity index (χ0) is 14.8. The van der Waals surface area contributed by atoms with Crippen LogP contribution in [0.15, 0.2) is 24.5 Å². The fourth-order valence-corrected chi connectivity index (χ4v) is 2.78. The van der Waals surface area contributed by atoms with Crippen molar-refractivity contribution in [2.45, 2.75) is 12.5 Å². The summed E-state index contributed by atoms with van der Waals surface area (Å²) in [6.45, 7) is 1.61. The molecular formula is C14H17N5O2. The Morgan fingerprint density at radius 2 is 2.19 bits per heavy atom. The molecule has 7 nitrogen and oxygen atoms in total. The third-order valence-electron chi connectivity index (χ3n) is 3.69. The van der Waals surface area contributed by atoms with E-state index in [2.05, 4.69) is 15.3 Å². The number of ether oxygens (including phenoxy) is 1. The Bertz CT molecular complexity index is 640. The number of aromatic nitrogens is 4. The van der Waals surface area contributed by atoms with E-state index < -0.39 is 0 Å². The van der Waals surface area contributed by atoms with Crippen LogP contribution in [0.5, 0.6) is 0 Å². The molecule has 7 heteroatoms. The number of nitrogens with zero attached hydrogens (tertiary/aromatic N) is 5. The molecule has 0 spiro atoms. The SMILES string of the molecule is COC[C@H]1CN(C(=O)c2ccncc2)Cc2nnn(C)c21. The van der Waals surface area contributed by atoms with E-state index in [9.17, 15) is 4.79 Å². The van der Waals surface area contributed by atoms with Crippen molar-refractivity contribution < 1.29 is 9.53 Å². The van der Waals surface area contributed by atoms with Gasteiger partial charge in [-0.25, -0.2) is 0 Å². The standard InChI is InChI=1S/C14H17N5O2/c1-18-13-11(9-21-2)7-19(8-12(13)16-17-18)14(20)10-3-5-15-6-4-10/h3-6,11H,7-9H2,1-2H3/t11-/m1/s1. The Morgan fingerprint density at radius 1 is 1.43 bits per heavy atom. The van der Waals surface area contributed by atoms with Crippen molar-refractivity contribution in [3.8, 4) is 0 Å². The predicted octanol–water partition coefficient (Wildman–Crippen LogP) is 0.596. The van der Waals surface area contributed by atoms with E-state index in [0.717, 1.165) is 11.4 Å². The molecule has 0 aromatic carbocycles. The summed E-state index contributed by atoms with van der Waals surface area (Å²) in [5.74, 6) is 0.0688. The van der Waals surface area contributed by atoms with E-state index in [0.29, 0.717) is 25.3 Å². The highest BCUT2D eigenvalue weighted by molar-refractivity contribution is 5.94. The molecule has 1 atom stereocenters. The first kappa shape index (κ1) is 13.7. The van der Waals surface area contributed by atoms with E-state index in [4.69, 9.17) is 4.74 Å². The Morgan fingerprint density at radius 3 is 2.90 bits per heavy atom. The molecule has 0 unspecified atom stereocenters. The van der Waals surface area contributed by atoms with E-state index in [1.807, 2.05) is 7.05 Å². The van der Waals surface area contributed by atoms with Crippen molar-refractivity contribution in [2.75, 3.05) is 20.3 Å². The van der Waals surface area contributed by atoms with Crippen molar-refractivity contribution in [1.29, 1.82) is 0 Å². The van der Waals surface area contributed by atoms with Gasteiger partial charge < -0.3 is 9.64 Å². The highest BCUT2D eigenvalue weighted by Gasteiger charge is 2.32. The van der Waals surface area contributed by atoms with Gasteiger partial charge in [-0.1, -0.05) is 5.21 Å². The fraction of sp³-hybridized carbons (Fsp3) is 0.429. The average molecular weight is 287 g/mol. The molecule has 0 radical (unpaired) electrons. The minimum Gasteiger partial charge on any atom is -0.384 e. The van der Waals surface area contributed by atoms with Crippen molar-refractivity contribution in [1.82, 2.24) is 24.9 Å². The number of hydrogen-bond donors (Lipinski definition) is 0. The smallest absolute Gasteiger partial charge is 0.254 e. The van der Waals surface area contributed by atoms with Crippen LogP contribution in [0.2, 0.25) is 0 Å². The van der Waals surface area contributed by atoms with Crippen LogP contribution in [0.3, 0.4) is 0 Å². The molecule has 3 rings (SSSR count). The van der Waals surface area contributed by atoms with Crippen molar-refractivity contribution >= 4 is 5.91 Å². The molecule has 2 aromatic heterocycles. The maximum Gasteiger partial charge on any atom is 0.254 e. The zero-order valence-corrected chi connectivity index (χ0v) is 12.1. The summed E-state index contributed by atoms with van der Waals surface area (Å²) in [7, 11) is 3.53. The number of methoxy groups -OCH3 is 1. The highest BCUT2D eigenvalue weighted by Crippen LogP contribution is 2.27. The van der Waals surface area contributed by atoms with Crippen LogP contribution in [-0.4, -0.2) is 51.0 Å². The molecule has 0 bridgehead atoms. The number of carbonyl (C=O) groups excluding carboxylic acids is 1. The van der Waals surface area contributed by atoms with Gasteiger partial charge in [-0.15, -0.1) is 5.10 Å². The largest absolute Gasteiger partial charge is 0.384 e. The first-order valence-corrected chi connectivity index (χ1v) is 6.77.